The first-order chi connectivity index (χ1) is 17.8. The minimum absolute atomic E-state index is 0.117. The van der Waals surface area contributed by atoms with Crippen molar-refractivity contribution in [1.29, 1.82) is 0 Å². The van der Waals surface area contributed by atoms with Crippen LogP contribution in [-0.4, -0.2) is 77.9 Å². The highest BCUT2D eigenvalue weighted by Crippen LogP contribution is 2.36. The number of fused-ring (bicyclic) bond motifs is 1. The standard InChI is InChI=1S/C25H26BFN4O6/c26-20-16(11-30-6-8-37-9-7-30)23(34)22(33)14(21(20)27)10-28-17-3-1-2-13-15(17)12-31(25(13)36)18-4-5-19(32)29-24(18)35/h1-3,18,28,33-34H,4-12H2,(H,29,32,35). The van der Waals surface area contributed by atoms with Gasteiger partial charge in [0.1, 0.15) is 19.7 Å². The molecule has 1 atom stereocenters. The first kappa shape index (κ1) is 25.0. The number of hydrogen-bond donors (Lipinski definition) is 4. The van der Waals surface area contributed by atoms with Crippen LogP contribution in [0.2, 0.25) is 0 Å². The summed E-state index contributed by atoms with van der Waals surface area (Å²) in [5.74, 6) is -3.12. The summed E-state index contributed by atoms with van der Waals surface area (Å²) in [6, 6.07) is 4.23. The number of nitrogens with zero attached hydrogens (tertiary/aromatic N) is 2. The number of phenolic OH excluding ortho intramolecular Hbond substituents is 2. The second-order valence-electron chi connectivity index (χ2n) is 9.36. The van der Waals surface area contributed by atoms with Gasteiger partial charge in [0.2, 0.25) is 11.8 Å². The number of phenols is 2. The fourth-order valence-corrected chi connectivity index (χ4v) is 5.05. The van der Waals surface area contributed by atoms with Crippen LogP contribution in [0, 0.1) is 5.82 Å². The molecule has 3 aliphatic heterocycles. The highest BCUT2D eigenvalue weighted by Gasteiger charge is 2.39. The largest absolute Gasteiger partial charge is 0.504 e. The second-order valence-corrected chi connectivity index (χ2v) is 9.36. The van der Waals surface area contributed by atoms with Crippen LogP contribution in [-0.2, 0) is 34.0 Å². The van der Waals surface area contributed by atoms with Crippen molar-refractivity contribution in [3.63, 3.8) is 0 Å². The van der Waals surface area contributed by atoms with Gasteiger partial charge < -0.3 is 25.2 Å². The van der Waals surface area contributed by atoms with Gasteiger partial charge in [-0.25, -0.2) is 4.39 Å². The summed E-state index contributed by atoms with van der Waals surface area (Å²) in [4.78, 5) is 40.2. The first-order valence-electron chi connectivity index (χ1n) is 12.1. The summed E-state index contributed by atoms with van der Waals surface area (Å²) in [6.07, 6.45) is 0.383. The molecule has 3 aliphatic rings. The van der Waals surface area contributed by atoms with E-state index in [-0.39, 0.29) is 60.9 Å². The molecule has 1 unspecified atom stereocenters. The summed E-state index contributed by atoms with van der Waals surface area (Å²) >= 11 is 0. The normalized spacial score (nSPS) is 20.2. The van der Waals surface area contributed by atoms with Gasteiger partial charge in [-0.15, -0.1) is 0 Å². The number of piperidine rings is 1. The number of hydrogen-bond acceptors (Lipinski definition) is 8. The van der Waals surface area contributed by atoms with Crippen LogP contribution in [0.5, 0.6) is 11.5 Å². The molecule has 2 aromatic rings. The van der Waals surface area contributed by atoms with Gasteiger partial charge in [-0.2, -0.15) is 0 Å². The number of carbonyl (C=O) groups excluding carboxylic acids is 3. The van der Waals surface area contributed by atoms with E-state index in [0.29, 0.717) is 43.1 Å². The molecule has 12 heteroatoms. The lowest BCUT2D eigenvalue weighted by atomic mass is 9.86. The van der Waals surface area contributed by atoms with Gasteiger partial charge in [0.15, 0.2) is 11.5 Å². The van der Waals surface area contributed by atoms with Crippen LogP contribution < -0.4 is 16.1 Å². The summed E-state index contributed by atoms with van der Waals surface area (Å²) in [6.45, 7) is 2.31. The maximum absolute atomic E-state index is 15.3. The van der Waals surface area contributed by atoms with Crippen molar-refractivity contribution in [1.82, 2.24) is 15.1 Å². The lowest BCUT2D eigenvalue weighted by Crippen LogP contribution is -2.52. The van der Waals surface area contributed by atoms with E-state index in [9.17, 15) is 24.6 Å². The molecular formula is C25H26BFN4O6. The number of carbonyl (C=O) groups is 3. The van der Waals surface area contributed by atoms with Gasteiger partial charge in [0.05, 0.1) is 18.8 Å². The minimum Gasteiger partial charge on any atom is -0.504 e. The van der Waals surface area contributed by atoms with Crippen LogP contribution in [0.1, 0.15) is 39.9 Å². The molecule has 0 saturated carbocycles. The molecule has 5 rings (SSSR count). The summed E-state index contributed by atoms with van der Waals surface area (Å²) in [7, 11) is 6.03. The SMILES string of the molecule is [B]c1c(F)c(CNc2cccc3c2CN(C2CCC(=O)NC2=O)C3=O)c(O)c(O)c1CN1CCOCC1. The summed E-state index contributed by atoms with van der Waals surface area (Å²) in [5.41, 5.74) is 1.18. The Labute approximate surface area is 213 Å². The molecule has 2 fully saturated rings. The Bertz CT molecular complexity index is 1250. The van der Waals surface area contributed by atoms with Gasteiger partial charge in [-0.3, -0.25) is 24.6 Å². The molecule has 3 amide bonds. The lowest BCUT2D eigenvalue weighted by Gasteiger charge is -2.29. The number of imide groups is 1. The molecule has 2 radical (unpaired) electrons. The molecule has 0 bridgehead atoms. The molecule has 0 aromatic heterocycles. The van der Waals surface area contributed by atoms with E-state index in [4.69, 9.17) is 12.6 Å². The third kappa shape index (κ3) is 4.62. The number of rotatable bonds is 6. The van der Waals surface area contributed by atoms with Crippen molar-refractivity contribution in [2.24, 2.45) is 0 Å². The molecule has 3 heterocycles. The van der Waals surface area contributed by atoms with Crippen molar-refractivity contribution < 1.29 is 33.7 Å². The topological polar surface area (TPSA) is 131 Å². The summed E-state index contributed by atoms with van der Waals surface area (Å²) < 4.78 is 20.6. The van der Waals surface area contributed by atoms with Gasteiger partial charge >= 0.3 is 0 Å². The van der Waals surface area contributed by atoms with E-state index < -0.39 is 29.3 Å². The van der Waals surface area contributed by atoms with Crippen molar-refractivity contribution in [2.75, 3.05) is 31.6 Å². The average molecular weight is 508 g/mol. The number of morpholine rings is 1. The molecule has 10 nitrogen and oxygen atoms in total. The van der Waals surface area contributed by atoms with Crippen molar-refractivity contribution in [3.05, 3.63) is 46.3 Å². The maximum Gasteiger partial charge on any atom is 0.255 e. The van der Waals surface area contributed by atoms with Gasteiger partial charge in [-0.05, 0) is 18.6 Å². The molecule has 0 spiro atoms. The number of anilines is 1. The zero-order valence-electron chi connectivity index (χ0n) is 20.1. The number of aromatic hydroxyl groups is 2. The number of amides is 3. The first-order valence-corrected chi connectivity index (χ1v) is 12.1. The zero-order valence-corrected chi connectivity index (χ0v) is 20.1. The fourth-order valence-electron chi connectivity index (χ4n) is 5.05. The molecule has 37 heavy (non-hydrogen) atoms. The molecule has 4 N–H and O–H groups in total. The van der Waals surface area contributed by atoms with Gasteiger partial charge in [0, 0.05) is 61.5 Å². The highest BCUT2D eigenvalue weighted by molar-refractivity contribution is 6.34. The predicted octanol–water partition coefficient (Wildman–Crippen LogP) is 0.236. The van der Waals surface area contributed by atoms with E-state index >= 15 is 4.39 Å². The van der Waals surface area contributed by atoms with E-state index in [2.05, 4.69) is 10.6 Å². The Morgan fingerprint density at radius 1 is 1.14 bits per heavy atom. The van der Waals surface area contributed by atoms with E-state index in [0.717, 1.165) is 0 Å². The Kier molecular flexibility index (Phi) is 6.78. The van der Waals surface area contributed by atoms with Crippen LogP contribution in [0.25, 0.3) is 0 Å². The minimum atomic E-state index is -0.833. The fraction of sp³-hybridized carbons (Fsp3) is 0.400. The zero-order chi connectivity index (χ0) is 26.3. The third-order valence-electron chi connectivity index (χ3n) is 7.15. The smallest absolute Gasteiger partial charge is 0.255 e. The number of benzene rings is 2. The average Bonchev–Trinajstić information content (AvgIpc) is 3.23. The molecule has 2 saturated heterocycles. The number of halogens is 1. The van der Waals surface area contributed by atoms with Gasteiger partial charge in [-0.1, -0.05) is 11.5 Å². The number of ether oxygens (including phenoxy) is 1. The molecular weight excluding hydrogens is 482 g/mol. The Balaban J connectivity index is 1.35. The van der Waals surface area contributed by atoms with Crippen molar-refractivity contribution in [3.8, 4) is 11.5 Å². The monoisotopic (exact) mass is 508 g/mol. The van der Waals surface area contributed by atoms with Gasteiger partial charge in [0.25, 0.3) is 5.91 Å². The van der Waals surface area contributed by atoms with Crippen LogP contribution in [0.4, 0.5) is 10.1 Å². The van der Waals surface area contributed by atoms with Crippen LogP contribution in [0.15, 0.2) is 18.2 Å². The Hall–Kier alpha value is -3.64. The van der Waals surface area contributed by atoms with Crippen molar-refractivity contribution in [2.45, 2.75) is 38.5 Å². The van der Waals surface area contributed by atoms with Crippen LogP contribution >= 0.6 is 0 Å². The third-order valence-corrected chi connectivity index (χ3v) is 7.15. The summed E-state index contributed by atoms with van der Waals surface area (Å²) in [5, 5.41) is 26.6. The quantitative estimate of drug-likeness (QED) is 0.248. The second kappa shape index (κ2) is 10.0. The highest BCUT2D eigenvalue weighted by atomic mass is 19.1. The van der Waals surface area contributed by atoms with E-state index in [1.54, 1.807) is 18.2 Å². The Morgan fingerprint density at radius 2 is 1.86 bits per heavy atom. The van der Waals surface area contributed by atoms with E-state index in [1.165, 1.54) is 4.90 Å². The molecule has 192 valence electrons. The Morgan fingerprint density at radius 3 is 2.59 bits per heavy atom. The van der Waals surface area contributed by atoms with E-state index in [1.807, 2.05) is 4.90 Å². The predicted molar refractivity (Wildman–Crippen MR) is 131 cm³/mol. The lowest BCUT2D eigenvalue weighted by molar-refractivity contribution is -0.136. The maximum atomic E-state index is 15.3. The molecule has 0 aliphatic carbocycles. The van der Waals surface area contributed by atoms with Crippen LogP contribution in [0.3, 0.4) is 0 Å². The van der Waals surface area contributed by atoms with Crippen molar-refractivity contribution >= 4 is 36.7 Å². The number of nitrogens with one attached hydrogen (secondary N) is 2. The molecule has 2 aromatic carbocycles.